The van der Waals surface area contributed by atoms with Crippen LogP contribution in [0, 0.1) is 5.82 Å². The Morgan fingerprint density at radius 1 is 1.30 bits per heavy atom. The standard InChI is InChI=1S/C11H9ClFN5O2/c12-6-2-1-3-7(13)5(6)4-18-9(11(15)20)8(10(14)19)16-17-18/h1-3H,4H2,(H2,14,19)(H2,15,20). The average molecular weight is 298 g/mol. The number of hydrogen-bond donors (Lipinski definition) is 2. The first kappa shape index (κ1) is 13.9. The highest BCUT2D eigenvalue weighted by Crippen LogP contribution is 2.20. The molecule has 7 nitrogen and oxygen atoms in total. The summed E-state index contributed by atoms with van der Waals surface area (Å²) in [7, 11) is 0. The van der Waals surface area contributed by atoms with E-state index in [2.05, 4.69) is 10.3 Å². The summed E-state index contributed by atoms with van der Waals surface area (Å²) in [4.78, 5) is 22.5. The highest BCUT2D eigenvalue weighted by atomic mass is 35.5. The van der Waals surface area contributed by atoms with Gasteiger partial charge in [0.15, 0.2) is 11.4 Å². The van der Waals surface area contributed by atoms with Gasteiger partial charge in [0.25, 0.3) is 11.8 Å². The van der Waals surface area contributed by atoms with Crippen molar-refractivity contribution in [2.45, 2.75) is 6.54 Å². The molecule has 9 heteroatoms. The van der Waals surface area contributed by atoms with Gasteiger partial charge in [-0.3, -0.25) is 9.59 Å². The van der Waals surface area contributed by atoms with Crippen LogP contribution in [-0.4, -0.2) is 26.8 Å². The van der Waals surface area contributed by atoms with Crippen molar-refractivity contribution in [1.82, 2.24) is 15.0 Å². The number of aromatic nitrogens is 3. The minimum Gasteiger partial charge on any atom is -0.364 e. The molecule has 1 heterocycles. The molecular weight excluding hydrogens is 289 g/mol. The van der Waals surface area contributed by atoms with Crippen molar-refractivity contribution in [3.05, 3.63) is 46.0 Å². The molecular formula is C11H9ClFN5O2. The van der Waals surface area contributed by atoms with Crippen molar-refractivity contribution in [3.63, 3.8) is 0 Å². The number of rotatable bonds is 4. The molecule has 0 aliphatic carbocycles. The zero-order valence-electron chi connectivity index (χ0n) is 10.0. The summed E-state index contributed by atoms with van der Waals surface area (Å²) in [5.74, 6) is -2.48. The van der Waals surface area contributed by atoms with Gasteiger partial charge in [-0.05, 0) is 12.1 Å². The first-order valence-electron chi connectivity index (χ1n) is 5.37. The molecule has 104 valence electrons. The van der Waals surface area contributed by atoms with Gasteiger partial charge in [-0.15, -0.1) is 5.10 Å². The lowest BCUT2D eigenvalue weighted by Gasteiger charge is -2.07. The van der Waals surface area contributed by atoms with Gasteiger partial charge in [0.2, 0.25) is 0 Å². The number of nitrogens with two attached hydrogens (primary N) is 2. The molecule has 20 heavy (non-hydrogen) atoms. The van der Waals surface area contributed by atoms with Crippen molar-refractivity contribution < 1.29 is 14.0 Å². The highest BCUT2D eigenvalue weighted by Gasteiger charge is 2.23. The third-order valence-corrected chi connectivity index (χ3v) is 2.93. The van der Waals surface area contributed by atoms with E-state index in [9.17, 15) is 14.0 Å². The van der Waals surface area contributed by atoms with Crippen molar-refractivity contribution >= 4 is 23.4 Å². The van der Waals surface area contributed by atoms with Crippen molar-refractivity contribution in [2.24, 2.45) is 11.5 Å². The van der Waals surface area contributed by atoms with Crippen LogP contribution in [0.5, 0.6) is 0 Å². The Kier molecular flexibility index (Phi) is 3.66. The van der Waals surface area contributed by atoms with Gasteiger partial charge < -0.3 is 11.5 Å². The van der Waals surface area contributed by atoms with Gasteiger partial charge in [-0.25, -0.2) is 9.07 Å². The summed E-state index contributed by atoms with van der Waals surface area (Å²) in [5, 5.41) is 7.19. The molecule has 0 unspecified atom stereocenters. The fraction of sp³-hybridized carbons (Fsp3) is 0.0909. The van der Waals surface area contributed by atoms with Crippen LogP contribution in [0.2, 0.25) is 5.02 Å². The molecule has 0 aliphatic rings. The van der Waals surface area contributed by atoms with E-state index in [4.69, 9.17) is 23.1 Å². The van der Waals surface area contributed by atoms with Gasteiger partial charge in [-0.1, -0.05) is 22.9 Å². The lowest BCUT2D eigenvalue weighted by Crippen LogP contribution is -2.24. The van der Waals surface area contributed by atoms with Gasteiger partial charge in [-0.2, -0.15) is 0 Å². The Morgan fingerprint density at radius 2 is 2.00 bits per heavy atom. The molecule has 0 saturated carbocycles. The second-order valence-electron chi connectivity index (χ2n) is 3.87. The van der Waals surface area contributed by atoms with E-state index in [1.165, 1.54) is 18.2 Å². The normalized spacial score (nSPS) is 10.5. The second kappa shape index (κ2) is 5.25. The number of carbonyl (C=O) groups is 2. The minimum absolute atomic E-state index is 0.0950. The Hall–Kier alpha value is -2.48. The Morgan fingerprint density at radius 3 is 2.55 bits per heavy atom. The van der Waals surface area contributed by atoms with Crippen LogP contribution in [0.4, 0.5) is 4.39 Å². The second-order valence-corrected chi connectivity index (χ2v) is 4.28. The molecule has 1 aromatic heterocycles. The first-order chi connectivity index (χ1) is 9.41. The van der Waals surface area contributed by atoms with E-state index in [0.29, 0.717) is 0 Å². The highest BCUT2D eigenvalue weighted by molar-refractivity contribution is 6.31. The molecule has 0 radical (unpaired) electrons. The predicted octanol–water partition coefficient (Wildman–Crippen LogP) is 0.317. The van der Waals surface area contributed by atoms with E-state index >= 15 is 0 Å². The molecule has 0 bridgehead atoms. The van der Waals surface area contributed by atoms with Gasteiger partial charge in [0.1, 0.15) is 5.82 Å². The van der Waals surface area contributed by atoms with Crippen LogP contribution >= 0.6 is 11.6 Å². The number of hydrogen-bond acceptors (Lipinski definition) is 4. The van der Waals surface area contributed by atoms with Crippen LogP contribution in [-0.2, 0) is 6.54 Å². The predicted molar refractivity (Wildman–Crippen MR) is 67.6 cm³/mol. The number of nitrogens with zero attached hydrogens (tertiary/aromatic N) is 3. The van der Waals surface area contributed by atoms with Crippen LogP contribution < -0.4 is 11.5 Å². The number of benzene rings is 1. The Labute approximate surface area is 117 Å². The summed E-state index contributed by atoms with van der Waals surface area (Å²) in [6.07, 6.45) is 0. The number of carbonyl (C=O) groups excluding carboxylic acids is 2. The first-order valence-corrected chi connectivity index (χ1v) is 5.75. The zero-order valence-corrected chi connectivity index (χ0v) is 10.8. The van der Waals surface area contributed by atoms with Gasteiger partial charge >= 0.3 is 0 Å². The maximum atomic E-state index is 13.7. The molecule has 0 atom stereocenters. The fourth-order valence-corrected chi connectivity index (χ4v) is 1.89. The third kappa shape index (κ3) is 2.45. The molecule has 1 aromatic carbocycles. The minimum atomic E-state index is -0.954. The zero-order chi connectivity index (χ0) is 14.9. The quantitative estimate of drug-likeness (QED) is 0.844. The largest absolute Gasteiger partial charge is 0.364 e. The molecule has 2 aromatic rings. The molecule has 2 rings (SSSR count). The van der Waals surface area contributed by atoms with E-state index in [0.717, 1.165) is 4.68 Å². The third-order valence-electron chi connectivity index (χ3n) is 2.57. The monoisotopic (exact) mass is 297 g/mol. The lowest BCUT2D eigenvalue weighted by molar-refractivity contribution is 0.0959. The van der Waals surface area contributed by atoms with Gasteiger partial charge in [0.05, 0.1) is 6.54 Å². The van der Waals surface area contributed by atoms with Crippen molar-refractivity contribution in [2.75, 3.05) is 0 Å². The molecule has 2 amide bonds. The van der Waals surface area contributed by atoms with E-state index in [1.807, 2.05) is 0 Å². The van der Waals surface area contributed by atoms with Gasteiger partial charge in [0, 0.05) is 10.6 Å². The maximum absolute atomic E-state index is 13.7. The SMILES string of the molecule is NC(=O)c1nnn(Cc2c(F)cccc2Cl)c1C(N)=O. The van der Waals surface area contributed by atoms with Crippen molar-refractivity contribution in [1.29, 1.82) is 0 Å². The average Bonchev–Trinajstić information content (AvgIpc) is 2.78. The number of primary amides is 2. The van der Waals surface area contributed by atoms with Crippen LogP contribution in [0.15, 0.2) is 18.2 Å². The van der Waals surface area contributed by atoms with Crippen molar-refractivity contribution in [3.8, 4) is 0 Å². The molecule has 0 spiro atoms. The van der Waals surface area contributed by atoms with Crippen LogP contribution in [0.25, 0.3) is 0 Å². The molecule has 0 saturated heterocycles. The van der Waals surface area contributed by atoms with E-state index in [1.54, 1.807) is 0 Å². The topological polar surface area (TPSA) is 117 Å². The summed E-state index contributed by atoms with van der Waals surface area (Å²) in [5.41, 5.74) is 9.64. The Bertz CT molecular complexity index is 680. The fourth-order valence-electron chi connectivity index (χ4n) is 1.67. The lowest BCUT2D eigenvalue weighted by atomic mass is 10.2. The summed E-state index contributed by atoms with van der Waals surface area (Å²) < 4.78 is 14.7. The summed E-state index contributed by atoms with van der Waals surface area (Å²) >= 11 is 5.87. The van der Waals surface area contributed by atoms with E-state index in [-0.39, 0.29) is 28.5 Å². The Balaban J connectivity index is 2.50. The summed E-state index contributed by atoms with van der Waals surface area (Å²) in [6.45, 7) is -0.204. The van der Waals surface area contributed by atoms with E-state index < -0.39 is 17.6 Å². The number of halogens is 2. The number of amides is 2. The molecule has 0 aliphatic heterocycles. The molecule has 0 fully saturated rings. The summed E-state index contributed by atoms with van der Waals surface area (Å²) in [6, 6.07) is 4.12. The van der Waals surface area contributed by atoms with Crippen LogP contribution in [0.3, 0.4) is 0 Å². The maximum Gasteiger partial charge on any atom is 0.271 e. The smallest absolute Gasteiger partial charge is 0.271 e. The molecule has 4 N–H and O–H groups in total. The van der Waals surface area contributed by atoms with Crippen LogP contribution in [0.1, 0.15) is 26.5 Å².